The highest BCUT2D eigenvalue weighted by molar-refractivity contribution is 9.10. The highest BCUT2D eigenvalue weighted by Crippen LogP contribution is 2.29. The second kappa shape index (κ2) is 4.66. The predicted molar refractivity (Wildman–Crippen MR) is 66.1 cm³/mol. The third-order valence-corrected chi connectivity index (χ3v) is 2.87. The summed E-state index contributed by atoms with van der Waals surface area (Å²) in [6.07, 6.45) is 0. The van der Waals surface area contributed by atoms with Crippen LogP contribution in [0.2, 0.25) is 0 Å². The molecule has 2 aromatic rings. The molecule has 0 aliphatic rings. The average molecular weight is 281 g/mol. The summed E-state index contributed by atoms with van der Waals surface area (Å²) in [6.45, 7) is 0. The molecule has 0 aliphatic carbocycles. The first-order valence-electron chi connectivity index (χ1n) is 4.81. The minimum absolute atomic E-state index is 0.264. The maximum atomic E-state index is 13.9. The average Bonchev–Trinajstić information content (AvgIpc) is 2.31. The number of hydrogen-bond acceptors (Lipinski definition) is 1. The molecule has 0 unspecified atom stereocenters. The topological polar surface area (TPSA) is 9.23 Å². The molecule has 0 saturated carbocycles. The lowest BCUT2D eigenvalue weighted by Gasteiger charge is -2.07. The molecule has 0 amide bonds. The van der Waals surface area contributed by atoms with Crippen molar-refractivity contribution < 1.29 is 9.13 Å². The Morgan fingerprint density at radius 3 is 2.38 bits per heavy atom. The maximum Gasteiger partial charge on any atom is 0.172 e. The lowest BCUT2D eigenvalue weighted by molar-refractivity contribution is 0.387. The van der Waals surface area contributed by atoms with E-state index in [-0.39, 0.29) is 11.6 Å². The SMILES string of the molecule is COc1cccc(-c2ccc(Br)cc2)c1F. The van der Waals surface area contributed by atoms with E-state index in [1.54, 1.807) is 18.2 Å². The Kier molecular flexibility index (Phi) is 3.25. The van der Waals surface area contributed by atoms with Gasteiger partial charge in [-0.2, -0.15) is 0 Å². The molecule has 0 spiro atoms. The van der Waals surface area contributed by atoms with Gasteiger partial charge in [0.1, 0.15) is 0 Å². The van der Waals surface area contributed by atoms with E-state index in [1.165, 1.54) is 7.11 Å². The van der Waals surface area contributed by atoms with Gasteiger partial charge in [-0.25, -0.2) is 4.39 Å². The fourth-order valence-corrected chi connectivity index (χ4v) is 1.79. The summed E-state index contributed by atoms with van der Waals surface area (Å²) in [7, 11) is 1.46. The zero-order valence-corrected chi connectivity index (χ0v) is 10.3. The van der Waals surface area contributed by atoms with Gasteiger partial charge in [0.05, 0.1) is 7.11 Å². The molecule has 0 aliphatic heterocycles. The van der Waals surface area contributed by atoms with Gasteiger partial charge in [0.15, 0.2) is 11.6 Å². The second-order valence-electron chi connectivity index (χ2n) is 3.33. The van der Waals surface area contributed by atoms with Crippen LogP contribution in [0.5, 0.6) is 5.75 Å². The largest absolute Gasteiger partial charge is 0.494 e. The first-order valence-corrected chi connectivity index (χ1v) is 5.60. The Balaban J connectivity index is 2.51. The van der Waals surface area contributed by atoms with Crippen molar-refractivity contribution in [3.63, 3.8) is 0 Å². The van der Waals surface area contributed by atoms with Crippen LogP contribution in [0.3, 0.4) is 0 Å². The summed E-state index contributed by atoms with van der Waals surface area (Å²) in [5.74, 6) is -0.0623. The summed E-state index contributed by atoms with van der Waals surface area (Å²) < 4.78 is 19.8. The van der Waals surface area contributed by atoms with E-state index in [9.17, 15) is 4.39 Å². The number of methoxy groups -OCH3 is 1. The number of benzene rings is 2. The molecular weight excluding hydrogens is 271 g/mol. The molecule has 0 heterocycles. The molecule has 2 aromatic carbocycles. The van der Waals surface area contributed by atoms with Gasteiger partial charge in [0, 0.05) is 10.0 Å². The lowest BCUT2D eigenvalue weighted by atomic mass is 10.1. The second-order valence-corrected chi connectivity index (χ2v) is 4.24. The van der Waals surface area contributed by atoms with Gasteiger partial charge >= 0.3 is 0 Å². The summed E-state index contributed by atoms with van der Waals surface area (Å²) in [4.78, 5) is 0. The molecule has 0 fully saturated rings. The van der Waals surface area contributed by atoms with Gasteiger partial charge in [0.2, 0.25) is 0 Å². The van der Waals surface area contributed by atoms with E-state index < -0.39 is 0 Å². The number of hydrogen-bond donors (Lipinski definition) is 0. The first-order chi connectivity index (χ1) is 7.72. The van der Waals surface area contributed by atoms with Crippen LogP contribution in [-0.4, -0.2) is 7.11 Å². The molecular formula is C13H10BrFO. The smallest absolute Gasteiger partial charge is 0.172 e. The Labute approximate surface area is 102 Å². The highest BCUT2D eigenvalue weighted by atomic mass is 79.9. The molecule has 0 N–H and O–H groups in total. The molecule has 3 heteroatoms. The molecule has 82 valence electrons. The Hall–Kier alpha value is -1.35. The van der Waals surface area contributed by atoms with Crippen LogP contribution >= 0.6 is 15.9 Å². The van der Waals surface area contributed by atoms with Gasteiger partial charge in [-0.15, -0.1) is 0 Å². The Morgan fingerprint density at radius 2 is 1.75 bits per heavy atom. The van der Waals surface area contributed by atoms with Crippen molar-refractivity contribution in [3.8, 4) is 16.9 Å². The van der Waals surface area contributed by atoms with Crippen LogP contribution in [-0.2, 0) is 0 Å². The van der Waals surface area contributed by atoms with Gasteiger partial charge in [0.25, 0.3) is 0 Å². The van der Waals surface area contributed by atoms with E-state index in [0.717, 1.165) is 10.0 Å². The zero-order chi connectivity index (χ0) is 11.5. The maximum absolute atomic E-state index is 13.9. The van der Waals surface area contributed by atoms with Crippen LogP contribution in [0, 0.1) is 5.82 Å². The van der Waals surface area contributed by atoms with Crippen LogP contribution in [0.25, 0.3) is 11.1 Å². The Morgan fingerprint density at radius 1 is 1.06 bits per heavy atom. The van der Waals surface area contributed by atoms with Crippen molar-refractivity contribution in [3.05, 3.63) is 52.8 Å². The van der Waals surface area contributed by atoms with E-state index in [4.69, 9.17) is 4.74 Å². The van der Waals surface area contributed by atoms with E-state index in [2.05, 4.69) is 15.9 Å². The summed E-state index contributed by atoms with van der Waals surface area (Å²) in [5, 5.41) is 0. The molecule has 0 radical (unpaired) electrons. The highest BCUT2D eigenvalue weighted by Gasteiger charge is 2.09. The van der Waals surface area contributed by atoms with Gasteiger partial charge in [-0.05, 0) is 23.8 Å². The molecule has 0 aromatic heterocycles. The van der Waals surface area contributed by atoms with Crippen LogP contribution in [0.1, 0.15) is 0 Å². The molecule has 16 heavy (non-hydrogen) atoms. The van der Waals surface area contributed by atoms with Crippen molar-refractivity contribution in [1.29, 1.82) is 0 Å². The van der Waals surface area contributed by atoms with Crippen molar-refractivity contribution in [2.24, 2.45) is 0 Å². The van der Waals surface area contributed by atoms with Crippen molar-refractivity contribution in [2.75, 3.05) is 7.11 Å². The fraction of sp³-hybridized carbons (Fsp3) is 0.0769. The van der Waals surface area contributed by atoms with Gasteiger partial charge in [-0.3, -0.25) is 0 Å². The Bertz CT molecular complexity index is 494. The fourth-order valence-electron chi connectivity index (χ4n) is 1.52. The molecule has 0 saturated heterocycles. The van der Waals surface area contributed by atoms with E-state index in [0.29, 0.717) is 5.56 Å². The molecule has 1 nitrogen and oxygen atoms in total. The minimum Gasteiger partial charge on any atom is -0.494 e. The third kappa shape index (κ3) is 2.09. The van der Waals surface area contributed by atoms with Crippen LogP contribution < -0.4 is 4.74 Å². The number of rotatable bonds is 2. The molecule has 0 bridgehead atoms. The van der Waals surface area contributed by atoms with Gasteiger partial charge in [-0.1, -0.05) is 40.2 Å². The first kappa shape index (κ1) is 11.1. The normalized spacial score (nSPS) is 10.2. The summed E-state index contributed by atoms with van der Waals surface area (Å²) in [5.41, 5.74) is 1.38. The van der Waals surface area contributed by atoms with E-state index in [1.807, 2.05) is 24.3 Å². The standard InChI is InChI=1S/C13H10BrFO/c1-16-12-4-2-3-11(13(12)15)9-5-7-10(14)8-6-9/h2-8H,1H3. The third-order valence-electron chi connectivity index (χ3n) is 2.34. The van der Waals surface area contributed by atoms with Crippen molar-refractivity contribution in [2.45, 2.75) is 0 Å². The van der Waals surface area contributed by atoms with Gasteiger partial charge < -0.3 is 4.74 Å². The minimum atomic E-state index is -0.327. The van der Waals surface area contributed by atoms with Crippen LogP contribution in [0.4, 0.5) is 4.39 Å². The summed E-state index contributed by atoms with van der Waals surface area (Å²) in [6, 6.07) is 12.6. The lowest BCUT2D eigenvalue weighted by Crippen LogP contribution is -1.90. The van der Waals surface area contributed by atoms with E-state index >= 15 is 0 Å². The molecule has 2 rings (SSSR count). The van der Waals surface area contributed by atoms with Crippen LogP contribution in [0.15, 0.2) is 46.9 Å². The monoisotopic (exact) mass is 280 g/mol. The molecule has 0 atom stereocenters. The quantitative estimate of drug-likeness (QED) is 0.799. The van der Waals surface area contributed by atoms with Crippen molar-refractivity contribution >= 4 is 15.9 Å². The zero-order valence-electron chi connectivity index (χ0n) is 8.71. The summed E-state index contributed by atoms with van der Waals surface area (Å²) >= 11 is 3.35. The number of ether oxygens (including phenoxy) is 1. The van der Waals surface area contributed by atoms with Crippen molar-refractivity contribution in [1.82, 2.24) is 0 Å². The predicted octanol–water partition coefficient (Wildman–Crippen LogP) is 4.26. The number of halogens is 2.